The second kappa shape index (κ2) is 2.68. The molecule has 3 nitrogen and oxygen atoms in total. The molecule has 0 aliphatic carbocycles. The summed E-state index contributed by atoms with van der Waals surface area (Å²) in [7, 11) is 0. The van der Waals surface area contributed by atoms with Crippen LogP contribution in [0.15, 0.2) is 0 Å². The van der Waals surface area contributed by atoms with E-state index in [1.807, 2.05) is 0 Å². The van der Waals surface area contributed by atoms with Crippen molar-refractivity contribution in [3.8, 4) is 0 Å². The number of rotatable bonds is 1. The van der Waals surface area contributed by atoms with Gasteiger partial charge in [-0.2, -0.15) is 0 Å². The van der Waals surface area contributed by atoms with Gasteiger partial charge < -0.3 is 0 Å². The van der Waals surface area contributed by atoms with Gasteiger partial charge in [-0.1, -0.05) is 0 Å². The predicted molar refractivity (Wildman–Crippen MR) is 24.8 cm³/mol. The third kappa shape index (κ3) is 8.58. The van der Waals surface area contributed by atoms with Crippen molar-refractivity contribution in [1.29, 1.82) is 0 Å². The molecule has 8 heteroatoms. The van der Waals surface area contributed by atoms with Gasteiger partial charge in [0.05, 0.1) is 0 Å². The summed E-state index contributed by atoms with van der Waals surface area (Å²) in [6, 6.07) is 0. The molecule has 0 unspecified atom stereocenters. The van der Waals surface area contributed by atoms with Gasteiger partial charge in [-0.15, -0.1) is 0 Å². The summed E-state index contributed by atoms with van der Waals surface area (Å²) in [6.45, 7) is -4.71. The molecule has 0 amide bonds. The van der Waals surface area contributed by atoms with Crippen molar-refractivity contribution >= 4 is 28.6 Å². The van der Waals surface area contributed by atoms with E-state index >= 15 is 0 Å². The molecular formula is CH2BiF3O3S. The standard InChI is InChI=1S/CF3.Bi.HO3S.H/c2-1(3)4;;1-4(2)3;/h;;(H,1,2,3);. The van der Waals surface area contributed by atoms with Crippen LogP contribution in [0.25, 0.3) is 0 Å². The number of hydrogen-bond donors (Lipinski definition) is 1. The first kappa shape index (κ1) is 9.58. The van der Waals surface area contributed by atoms with E-state index in [9.17, 15) is 21.6 Å². The summed E-state index contributed by atoms with van der Waals surface area (Å²) in [6.07, 6.45) is 0. The van der Waals surface area contributed by atoms with Gasteiger partial charge in [0.2, 0.25) is 0 Å². The topological polar surface area (TPSA) is 54.4 Å². The Morgan fingerprint density at radius 3 is 1.67 bits per heavy atom. The van der Waals surface area contributed by atoms with Gasteiger partial charge in [-0.05, 0) is 0 Å². The van der Waals surface area contributed by atoms with Gasteiger partial charge in [-0.3, -0.25) is 0 Å². The molecule has 0 bridgehead atoms. The first-order valence-electron chi connectivity index (χ1n) is 1.54. The average molecular weight is 360 g/mol. The van der Waals surface area contributed by atoms with Crippen LogP contribution in [0.2, 0.25) is 0 Å². The molecule has 0 radical (unpaired) electrons. The van der Waals surface area contributed by atoms with Crippen molar-refractivity contribution in [2.45, 2.75) is 3.88 Å². The summed E-state index contributed by atoms with van der Waals surface area (Å²) in [5.41, 5.74) is 0. The Bertz CT molecular complexity index is 180. The van der Waals surface area contributed by atoms with Crippen molar-refractivity contribution in [2.24, 2.45) is 0 Å². The van der Waals surface area contributed by atoms with Gasteiger partial charge in [0.1, 0.15) is 0 Å². The van der Waals surface area contributed by atoms with E-state index in [0.717, 1.165) is 0 Å². The van der Waals surface area contributed by atoms with Crippen LogP contribution in [0.4, 0.5) is 13.2 Å². The molecule has 0 saturated heterocycles. The van der Waals surface area contributed by atoms with E-state index in [-0.39, 0.29) is 0 Å². The number of halogens is 3. The van der Waals surface area contributed by atoms with Gasteiger partial charge >= 0.3 is 58.7 Å². The van der Waals surface area contributed by atoms with Crippen LogP contribution in [0.3, 0.4) is 0 Å². The first-order valence-corrected chi connectivity index (χ1v) is 9.68. The van der Waals surface area contributed by atoms with Crippen LogP contribution in [0.1, 0.15) is 0 Å². The molecule has 0 aliphatic rings. The first-order chi connectivity index (χ1) is 3.71. The molecule has 0 saturated carbocycles. The second-order valence-electron chi connectivity index (χ2n) is 1.07. The maximum atomic E-state index is 11.1. The maximum absolute atomic E-state index is 11.1. The van der Waals surface area contributed by atoms with Crippen molar-refractivity contribution in [3.63, 3.8) is 0 Å². The fraction of sp³-hybridized carbons (Fsp3) is 1.00. The Balaban J connectivity index is 4.07. The molecule has 0 aromatic rings. The molecule has 0 atom stereocenters. The summed E-state index contributed by atoms with van der Waals surface area (Å²) in [5, 5.41) is 0. The van der Waals surface area contributed by atoms with Gasteiger partial charge in [0.15, 0.2) is 0 Å². The second-order valence-corrected chi connectivity index (χ2v) is 12.8. The Kier molecular flexibility index (Phi) is 2.85. The van der Waals surface area contributed by atoms with E-state index in [1.54, 1.807) is 0 Å². The number of alkyl halides is 3. The summed E-state index contributed by atoms with van der Waals surface area (Å²) >= 11 is -3.87. The van der Waals surface area contributed by atoms with E-state index in [1.165, 1.54) is 0 Å². The Hall–Kier alpha value is 0.583. The van der Waals surface area contributed by atoms with E-state index in [0.29, 0.717) is 0 Å². The number of hydrogen-bond acceptors (Lipinski definition) is 2. The Labute approximate surface area is 58.8 Å². The Morgan fingerprint density at radius 1 is 1.33 bits per heavy atom. The monoisotopic (exact) mass is 360 g/mol. The van der Waals surface area contributed by atoms with Crippen molar-refractivity contribution in [1.82, 2.24) is 0 Å². The van der Waals surface area contributed by atoms with Crippen LogP contribution in [0, 0.1) is 0 Å². The molecule has 1 N–H and O–H groups in total. The van der Waals surface area contributed by atoms with Gasteiger partial charge in [-0.25, -0.2) is 0 Å². The molecule has 0 fully saturated rings. The molecule has 9 heavy (non-hydrogen) atoms. The Morgan fingerprint density at radius 2 is 1.67 bits per heavy atom. The van der Waals surface area contributed by atoms with Crippen molar-refractivity contribution in [3.05, 3.63) is 0 Å². The molecule has 0 rings (SSSR count). The summed E-state index contributed by atoms with van der Waals surface area (Å²) in [5.74, 6) is 0. The van der Waals surface area contributed by atoms with Crippen molar-refractivity contribution in [2.75, 3.05) is 0 Å². The van der Waals surface area contributed by atoms with Gasteiger partial charge in [0, 0.05) is 0 Å². The minimum atomic E-state index is -4.71. The van der Waals surface area contributed by atoms with Gasteiger partial charge in [0.25, 0.3) is 0 Å². The quantitative estimate of drug-likeness (QED) is 0.518. The zero-order valence-corrected chi connectivity index (χ0v) is 8.51. The van der Waals surface area contributed by atoms with E-state index < -0.39 is 32.5 Å². The molecular weight excluding hydrogens is 358 g/mol. The predicted octanol–water partition coefficient (Wildman–Crippen LogP) is -0.254. The molecule has 56 valence electrons. The van der Waals surface area contributed by atoms with E-state index in [2.05, 4.69) is 0 Å². The molecule has 0 aromatic heterocycles. The third-order valence-corrected chi connectivity index (χ3v) is 6.44. The molecule has 0 spiro atoms. The molecule has 0 aromatic carbocycles. The summed E-state index contributed by atoms with van der Waals surface area (Å²) in [4.78, 5) is 0. The SMILES string of the molecule is O=[S](=O)(O)[BiH][C](F)(F)F. The average Bonchev–Trinajstić information content (AvgIpc) is 1.14. The molecule has 0 heterocycles. The van der Waals surface area contributed by atoms with Crippen molar-refractivity contribution < 1.29 is 26.1 Å². The zero-order chi connectivity index (χ0) is 7.71. The van der Waals surface area contributed by atoms with Crippen LogP contribution in [0.5, 0.6) is 0 Å². The van der Waals surface area contributed by atoms with Crippen LogP contribution >= 0.6 is 0 Å². The van der Waals surface area contributed by atoms with Crippen LogP contribution in [-0.2, 0) is 6.87 Å². The third-order valence-electron chi connectivity index (χ3n) is 0.245. The zero-order valence-electron chi connectivity index (χ0n) is 3.81. The fourth-order valence-corrected chi connectivity index (χ4v) is 3.85. The van der Waals surface area contributed by atoms with Crippen LogP contribution < -0.4 is 0 Å². The minimum absolute atomic E-state index is 3.87. The van der Waals surface area contributed by atoms with Crippen LogP contribution in [-0.4, -0.2) is 38.6 Å². The summed E-state index contributed by atoms with van der Waals surface area (Å²) < 4.78 is 55.5. The van der Waals surface area contributed by atoms with E-state index in [4.69, 9.17) is 4.55 Å². The normalized spacial score (nSPS) is 13.8. The molecule has 0 aliphatic heterocycles. The fourth-order valence-electron chi connectivity index (χ4n) is 0.146.